The first-order valence-electron chi connectivity index (χ1n) is 10.8. The average molecular weight is 439 g/mol. The zero-order valence-electron chi connectivity index (χ0n) is 18.8. The molecular formula is C25H30N2O5. The number of carboxylic acid groups (broad SMARTS) is 1. The molecule has 3 N–H and O–H groups in total. The van der Waals surface area contributed by atoms with Gasteiger partial charge in [0.05, 0.1) is 0 Å². The minimum Gasteiger partial charge on any atom is -0.480 e. The van der Waals surface area contributed by atoms with E-state index < -0.39 is 29.6 Å². The Morgan fingerprint density at radius 1 is 1.00 bits per heavy atom. The lowest BCUT2D eigenvalue weighted by molar-refractivity contribution is -0.143. The van der Waals surface area contributed by atoms with E-state index in [1.54, 1.807) is 0 Å². The van der Waals surface area contributed by atoms with Gasteiger partial charge in [-0.15, -0.1) is 0 Å². The van der Waals surface area contributed by atoms with E-state index in [0.717, 1.165) is 22.3 Å². The number of rotatable bonds is 8. The summed E-state index contributed by atoms with van der Waals surface area (Å²) in [4.78, 5) is 36.6. The fourth-order valence-corrected chi connectivity index (χ4v) is 3.98. The van der Waals surface area contributed by atoms with E-state index in [-0.39, 0.29) is 18.4 Å². The number of aliphatic carboxylic acids is 1. The Bertz CT molecular complexity index is 969. The van der Waals surface area contributed by atoms with Crippen molar-refractivity contribution < 1.29 is 24.2 Å². The summed E-state index contributed by atoms with van der Waals surface area (Å²) in [6.45, 7) is 6.91. The quantitative estimate of drug-likeness (QED) is 0.579. The minimum atomic E-state index is -1.34. The van der Waals surface area contributed by atoms with Gasteiger partial charge in [0.2, 0.25) is 5.91 Å². The van der Waals surface area contributed by atoms with Crippen LogP contribution in [0, 0.1) is 5.92 Å². The summed E-state index contributed by atoms with van der Waals surface area (Å²) in [6.07, 6.45) is -0.440. The average Bonchev–Trinajstić information content (AvgIpc) is 3.05. The second kappa shape index (κ2) is 9.42. The van der Waals surface area contributed by atoms with Gasteiger partial charge in [0.25, 0.3) is 0 Å². The second-order valence-electron chi connectivity index (χ2n) is 9.07. The number of carboxylic acids is 1. The van der Waals surface area contributed by atoms with Crippen molar-refractivity contribution in [2.45, 2.75) is 51.6 Å². The van der Waals surface area contributed by atoms with Crippen LogP contribution in [0.3, 0.4) is 0 Å². The first kappa shape index (κ1) is 23.3. The molecule has 2 aromatic rings. The maximum Gasteiger partial charge on any atom is 0.408 e. The van der Waals surface area contributed by atoms with Crippen molar-refractivity contribution in [1.29, 1.82) is 0 Å². The molecule has 7 nitrogen and oxygen atoms in total. The molecule has 0 unspecified atom stereocenters. The van der Waals surface area contributed by atoms with Gasteiger partial charge in [-0.1, -0.05) is 62.4 Å². The van der Waals surface area contributed by atoms with E-state index in [9.17, 15) is 19.5 Å². The van der Waals surface area contributed by atoms with Crippen LogP contribution in [-0.4, -0.2) is 41.3 Å². The summed E-state index contributed by atoms with van der Waals surface area (Å²) in [6, 6.07) is 15.0. The molecule has 0 spiro atoms. The van der Waals surface area contributed by atoms with E-state index >= 15 is 0 Å². The van der Waals surface area contributed by atoms with Gasteiger partial charge in [-0.3, -0.25) is 4.79 Å². The third kappa shape index (κ3) is 5.10. The van der Waals surface area contributed by atoms with E-state index in [1.807, 2.05) is 50.2 Å². The van der Waals surface area contributed by atoms with Gasteiger partial charge in [0.15, 0.2) is 0 Å². The number of alkyl carbamates (subject to hydrolysis) is 1. The first-order chi connectivity index (χ1) is 15.1. The van der Waals surface area contributed by atoms with Crippen molar-refractivity contribution in [3.63, 3.8) is 0 Å². The smallest absolute Gasteiger partial charge is 0.408 e. The zero-order chi connectivity index (χ0) is 23.5. The molecule has 1 aliphatic carbocycles. The highest BCUT2D eigenvalue weighted by atomic mass is 16.5. The minimum absolute atomic E-state index is 0.0903. The van der Waals surface area contributed by atoms with Gasteiger partial charge < -0.3 is 20.5 Å². The Balaban J connectivity index is 1.63. The summed E-state index contributed by atoms with van der Waals surface area (Å²) >= 11 is 0. The number of amides is 2. The number of carbonyl (C=O) groups excluding carboxylic acids is 2. The van der Waals surface area contributed by atoms with E-state index in [4.69, 9.17) is 4.74 Å². The largest absolute Gasteiger partial charge is 0.480 e. The monoisotopic (exact) mass is 438 g/mol. The molecule has 7 heteroatoms. The predicted octanol–water partition coefficient (Wildman–Crippen LogP) is 3.92. The molecule has 3 rings (SSSR count). The number of hydrogen-bond acceptors (Lipinski definition) is 4. The summed E-state index contributed by atoms with van der Waals surface area (Å²) in [5, 5.41) is 14.4. The Morgan fingerprint density at radius 3 is 2.03 bits per heavy atom. The highest BCUT2D eigenvalue weighted by molar-refractivity contribution is 5.92. The van der Waals surface area contributed by atoms with E-state index in [1.165, 1.54) is 13.8 Å². The van der Waals surface area contributed by atoms with E-state index in [2.05, 4.69) is 22.8 Å². The summed E-state index contributed by atoms with van der Waals surface area (Å²) < 4.78 is 5.50. The van der Waals surface area contributed by atoms with Crippen molar-refractivity contribution in [2.24, 2.45) is 5.92 Å². The highest BCUT2D eigenvalue weighted by Crippen LogP contribution is 2.44. The number of hydrogen-bond donors (Lipinski definition) is 3. The molecule has 2 amide bonds. The molecular weight excluding hydrogens is 408 g/mol. The van der Waals surface area contributed by atoms with Crippen LogP contribution in [0.1, 0.15) is 51.2 Å². The summed E-state index contributed by atoms with van der Waals surface area (Å²) in [5.41, 5.74) is 3.10. The molecule has 32 heavy (non-hydrogen) atoms. The van der Waals surface area contributed by atoms with Gasteiger partial charge in [0.1, 0.15) is 18.2 Å². The molecule has 1 aliphatic rings. The molecule has 0 heterocycles. The van der Waals surface area contributed by atoms with Crippen molar-refractivity contribution in [1.82, 2.24) is 10.6 Å². The lowest BCUT2D eigenvalue weighted by atomic mass is 9.98. The number of fused-ring (bicyclic) bond motifs is 3. The summed E-state index contributed by atoms with van der Waals surface area (Å²) in [7, 11) is 0. The highest BCUT2D eigenvalue weighted by Gasteiger charge is 2.34. The number of ether oxygens (including phenoxy) is 1. The van der Waals surface area contributed by atoms with Crippen molar-refractivity contribution in [3.8, 4) is 11.1 Å². The maximum atomic E-state index is 12.6. The molecule has 0 bridgehead atoms. The zero-order valence-corrected chi connectivity index (χ0v) is 18.8. The molecule has 0 aliphatic heterocycles. The number of nitrogens with one attached hydrogen (secondary N) is 2. The van der Waals surface area contributed by atoms with Crippen LogP contribution >= 0.6 is 0 Å². The fourth-order valence-electron chi connectivity index (χ4n) is 3.98. The van der Waals surface area contributed by atoms with E-state index in [0.29, 0.717) is 6.42 Å². The predicted molar refractivity (Wildman–Crippen MR) is 121 cm³/mol. The fraction of sp³-hybridized carbons (Fsp3) is 0.400. The molecule has 0 saturated heterocycles. The molecule has 1 atom stereocenters. The van der Waals surface area contributed by atoms with Crippen LogP contribution in [0.5, 0.6) is 0 Å². The van der Waals surface area contributed by atoms with Crippen LogP contribution in [0.15, 0.2) is 48.5 Å². The van der Waals surface area contributed by atoms with Gasteiger partial charge in [0, 0.05) is 5.92 Å². The maximum absolute atomic E-state index is 12.6. The van der Waals surface area contributed by atoms with Crippen molar-refractivity contribution in [2.75, 3.05) is 6.61 Å². The van der Waals surface area contributed by atoms with Crippen LogP contribution in [0.2, 0.25) is 0 Å². The standard InChI is InChI=1S/C25H30N2O5/c1-15(2)13-21(22(28)29)26-23(30)25(3,4)27-24(31)32-14-20-18-11-7-5-9-16(18)17-10-6-8-12-19(17)20/h5-12,15,20-21H,13-14H2,1-4H3,(H,26,30)(H,27,31)(H,28,29)/t21-/m0/s1. The first-order valence-corrected chi connectivity index (χ1v) is 10.8. The molecule has 0 aromatic heterocycles. The molecule has 2 aromatic carbocycles. The molecule has 0 radical (unpaired) electrons. The van der Waals surface area contributed by atoms with Crippen molar-refractivity contribution in [3.05, 3.63) is 59.7 Å². The molecule has 0 fully saturated rings. The van der Waals surface area contributed by atoms with Crippen molar-refractivity contribution >= 4 is 18.0 Å². The number of carbonyl (C=O) groups is 3. The Morgan fingerprint density at radius 2 is 1.53 bits per heavy atom. The van der Waals surface area contributed by atoms with Gasteiger partial charge in [-0.05, 0) is 48.4 Å². The lowest BCUT2D eigenvalue weighted by Gasteiger charge is -2.27. The molecule has 0 saturated carbocycles. The molecule has 170 valence electrons. The summed E-state index contributed by atoms with van der Waals surface area (Å²) in [5.74, 6) is -1.69. The van der Waals surface area contributed by atoms with Gasteiger partial charge >= 0.3 is 12.1 Å². The normalized spacial score (nSPS) is 13.8. The third-order valence-corrected chi connectivity index (χ3v) is 5.64. The Labute approximate surface area is 188 Å². The van der Waals surface area contributed by atoms with Crippen LogP contribution in [0.4, 0.5) is 4.79 Å². The third-order valence-electron chi connectivity index (χ3n) is 5.64. The van der Waals surface area contributed by atoms with Gasteiger partial charge in [-0.2, -0.15) is 0 Å². The number of benzene rings is 2. The Kier molecular flexibility index (Phi) is 6.87. The van der Waals surface area contributed by atoms with Crippen LogP contribution in [0.25, 0.3) is 11.1 Å². The lowest BCUT2D eigenvalue weighted by Crippen LogP contribution is -2.58. The SMILES string of the molecule is CC(C)C[C@H](NC(=O)C(C)(C)NC(=O)OCC1c2ccccc2-c2ccccc21)C(=O)O. The van der Waals surface area contributed by atoms with Crippen LogP contribution < -0.4 is 10.6 Å². The second-order valence-corrected chi connectivity index (χ2v) is 9.07. The topological polar surface area (TPSA) is 105 Å². The Hall–Kier alpha value is -3.35. The van der Waals surface area contributed by atoms with Crippen LogP contribution in [-0.2, 0) is 14.3 Å². The van der Waals surface area contributed by atoms with Gasteiger partial charge in [-0.25, -0.2) is 9.59 Å².